The van der Waals surface area contributed by atoms with Gasteiger partial charge in [0.05, 0.1) is 11.8 Å². The van der Waals surface area contributed by atoms with E-state index in [1.54, 1.807) is 13.8 Å². The van der Waals surface area contributed by atoms with Crippen molar-refractivity contribution in [2.24, 2.45) is 10.9 Å². The van der Waals surface area contributed by atoms with E-state index in [1.165, 1.54) is 0 Å². The van der Waals surface area contributed by atoms with Gasteiger partial charge in [0.25, 0.3) is 0 Å². The Labute approximate surface area is 84.5 Å². The summed E-state index contributed by atoms with van der Waals surface area (Å²) in [5, 5.41) is 9.50. The van der Waals surface area contributed by atoms with Crippen LogP contribution in [0.15, 0.2) is 16.3 Å². The standard InChI is InChI=1S/C11H17NO2/c1-5-9-10(7(3)13)6(2)12-11(9)8(4)14/h8-9,14H,5H2,1-4H3. The molecule has 1 aliphatic heterocycles. The summed E-state index contributed by atoms with van der Waals surface area (Å²) in [5.74, 6) is 0.0845. The number of allylic oxidation sites excluding steroid dienone is 2. The van der Waals surface area contributed by atoms with Gasteiger partial charge in [-0.05, 0) is 27.2 Å². The Morgan fingerprint density at radius 1 is 1.64 bits per heavy atom. The highest BCUT2D eigenvalue weighted by molar-refractivity contribution is 6.07. The van der Waals surface area contributed by atoms with Gasteiger partial charge in [-0.15, -0.1) is 0 Å². The number of Topliss-reactive ketones (excluding diaryl/α,β-unsaturated/α-hetero) is 1. The third-order valence-electron chi connectivity index (χ3n) is 2.61. The highest BCUT2D eigenvalue weighted by atomic mass is 16.3. The number of carbonyl (C=O) groups is 1. The fraction of sp³-hybridized carbons (Fsp3) is 0.636. The van der Waals surface area contributed by atoms with E-state index < -0.39 is 6.10 Å². The van der Waals surface area contributed by atoms with Crippen LogP contribution >= 0.6 is 0 Å². The van der Waals surface area contributed by atoms with Gasteiger partial charge in [-0.25, -0.2) is 0 Å². The molecule has 2 unspecified atom stereocenters. The molecule has 0 saturated heterocycles. The summed E-state index contributed by atoms with van der Waals surface area (Å²) in [7, 11) is 0. The first-order valence-corrected chi connectivity index (χ1v) is 4.97. The fourth-order valence-corrected chi connectivity index (χ4v) is 2.03. The monoisotopic (exact) mass is 195 g/mol. The van der Waals surface area contributed by atoms with Gasteiger partial charge < -0.3 is 5.11 Å². The first-order chi connectivity index (χ1) is 6.49. The second-order valence-electron chi connectivity index (χ2n) is 3.73. The van der Waals surface area contributed by atoms with Crippen LogP contribution in [0.3, 0.4) is 0 Å². The third kappa shape index (κ3) is 1.77. The lowest BCUT2D eigenvalue weighted by molar-refractivity contribution is -0.114. The molecule has 0 aromatic rings. The number of carbonyl (C=O) groups excluding carboxylic acids is 1. The number of hydrogen-bond donors (Lipinski definition) is 1. The average molecular weight is 195 g/mol. The van der Waals surface area contributed by atoms with E-state index in [-0.39, 0.29) is 11.7 Å². The molecule has 78 valence electrons. The van der Waals surface area contributed by atoms with Gasteiger partial charge in [0.2, 0.25) is 0 Å². The molecular weight excluding hydrogens is 178 g/mol. The van der Waals surface area contributed by atoms with Gasteiger partial charge in [0.15, 0.2) is 5.78 Å². The molecule has 0 spiro atoms. The summed E-state index contributed by atoms with van der Waals surface area (Å²) in [5.41, 5.74) is 2.26. The van der Waals surface area contributed by atoms with Crippen molar-refractivity contribution in [2.45, 2.75) is 40.2 Å². The maximum absolute atomic E-state index is 11.4. The Hall–Kier alpha value is -0.960. The van der Waals surface area contributed by atoms with Crippen LogP contribution in [0, 0.1) is 5.92 Å². The summed E-state index contributed by atoms with van der Waals surface area (Å²) in [6.07, 6.45) is 0.252. The molecule has 0 bridgehead atoms. The van der Waals surface area contributed by atoms with E-state index in [4.69, 9.17) is 0 Å². The highest BCUT2D eigenvalue weighted by Gasteiger charge is 2.31. The summed E-state index contributed by atoms with van der Waals surface area (Å²) in [4.78, 5) is 15.6. The summed E-state index contributed by atoms with van der Waals surface area (Å²) in [6.45, 7) is 7.08. The summed E-state index contributed by atoms with van der Waals surface area (Å²) < 4.78 is 0. The lowest BCUT2D eigenvalue weighted by Crippen LogP contribution is -2.25. The van der Waals surface area contributed by atoms with Gasteiger partial charge in [-0.1, -0.05) is 6.92 Å². The van der Waals surface area contributed by atoms with Crippen molar-refractivity contribution in [3.05, 3.63) is 11.3 Å². The molecular formula is C11H17NO2. The van der Waals surface area contributed by atoms with E-state index in [0.29, 0.717) is 0 Å². The van der Waals surface area contributed by atoms with Gasteiger partial charge in [-0.2, -0.15) is 0 Å². The van der Waals surface area contributed by atoms with Crippen LogP contribution < -0.4 is 0 Å². The molecule has 3 nitrogen and oxygen atoms in total. The van der Waals surface area contributed by atoms with E-state index in [0.717, 1.165) is 23.4 Å². The minimum absolute atomic E-state index is 0.0208. The Bertz CT molecular complexity index is 313. The zero-order chi connectivity index (χ0) is 10.9. The van der Waals surface area contributed by atoms with Crippen molar-refractivity contribution in [2.75, 3.05) is 0 Å². The van der Waals surface area contributed by atoms with Gasteiger partial charge in [0, 0.05) is 17.2 Å². The van der Waals surface area contributed by atoms with E-state index in [1.807, 2.05) is 13.8 Å². The summed E-state index contributed by atoms with van der Waals surface area (Å²) >= 11 is 0. The topological polar surface area (TPSA) is 49.7 Å². The van der Waals surface area contributed by atoms with Gasteiger partial charge in [-0.3, -0.25) is 9.79 Å². The smallest absolute Gasteiger partial charge is 0.158 e. The van der Waals surface area contributed by atoms with Crippen molar-refractivity contribution in [1.29, 1.82) is 0 Å². The number of rotatable bonds is 3. The number of aliphatic hydroxyl groups is 1. The Morgan fingerprint density at radius 2 is 2.21 bits per heavy atom. The van der Waals surface area contributed by atoms with Crippen LogP contribution in [0.2, 0.25) is 0 Å². The van der Waals surface area contributed by atoms with Crippen LogP contribution in [0.1, 0.15) is 34.1 Å². The molecule has 2 atom stereocenters. The maximum Gasteiger partial charge on any atom is 0.158 e. The molecule has 0 radical (unpaired) electrons. The van der Waals surface area contributed by atoms with Crippen LogP contribution in [-0.2, 0) is 4.79 Å². The molecule has 1 aliphatic rings. The second-order valence-corrected chi connectivity index (χ2v) is 3.73. The first kappa shape index (κ1) is 11.1. The van der Waals surface area contributed by atoms with Gasteiger partial charge >= 0.3 is 0 Å². The van der Waals surface area contributed by atoms with Crippen molar-refractivity contribution in [3.63, 3.8) is 0 Å². The molecule has 1 rings (SSSR count). The first-order valence-electron chi connectivity index (χ1n) is 4.97. The average Bonchev–Trinajstić information content (AvgIpc) is 2.41. The normalized spacial score (nSPS) is 23.8. The lowest BCUT2D eigenvalue weighted by atomic mass is 9.88. The Balaban J connectivity index is 3.04. The molecule has 0 aromatic heterocycles. The molecule has 0 saturated carbocycles. The summed E-state index contributed by atoms with van der Waals surface area (Å²) in [6, 6.07) is 0. The maximum atomic E-state index is 11.4. The van der Waals surface area contributed by atoms with Crippen molar-refractivity contribution >= 4 is 11.5 Å². The van der Waals surface area contributed by atoms with Crippen molar-refractivity contribution < 1.29 is 9.90 Å². The Kier molecular flexibility index (Phi) is 3.21. The van der Waals surface area contributed by atoms with E-state index >= 15 is 0 Å². The number of ketones is 1. The highest BCUT2D eigenvalue weighted by Crippen LogP contribution is 2.30. The third-order valence-corrected chi connectivity index (χ3v) is 2.61. The molecule has 3 heteroatoms. The van der Waals surface area contributed by atoms with E-state index in [2.05, 4.69) is 4.99 Å². The zero-order valence-corrected chi connectivity index (χ0v) is 9.16. The predicted molar refractivity (Wildman–Crippen MR) is 56.3 cm³/mol. The largest absolute Gasteiger partial charge is 0.387 e. The number of nitrogens with zero attached hydrogens (tertiary/aromatic N) is 1. The minimum Gasteiger partial charge on any atom is -0.387 e. The van der Waals surface area contributed by atoms with E-state index in [9.17, 15) is 9.90 Å². The molecule has 0 aromatic carbocycles. The van der Waals surface area contributed by atoms with Crippen LogP contribution in [0.5, 0.6) is 0 Å². The van der Waals surface area contributed by atoms with Crippen LogP contribution in [0.4, 0.5) is 0 Å². The molecule has 0 fully saturated rings. The lowest BCUT2D eigenvalue weighted by Gasteiger charge is -2.15. The van der Waals surface area contributed by atoms with Crippen molar-refractivity contribution in [1.82, 2.24) is 0 Å². The fourth-order valence-electron chi connectivity index (χ4n) is 2.03. The van der Waals surface area contributed by atoms with Gasteiger partial charge in [0.1, 0.15) is 0 Å². The van der Waals surface area contributed by atoms with Crippen LogP contribution in [0.25, 0.3) is 0 Å². The number of aliphatic imine (C=N–C) groups is 1. The Morgan fingerprint density at radius 3 is 2.57 bits per heavy atom. The minimum atomic E-state index is -0.563. The van der Waals surface area contributed by atoms with Crippen LogP contribution in [-0.4, -0.2) is 22.7 Å². The molecule has 1 N–H and O–H groups in total. The van der Waals surface area contributed by atoms with Crippen molar-refractivity contribution in [3.8, 4) is 0 Å². The molecule has 0 amide bonds. The number of hydrogen-bond acceptors (Lipinski definition) is 3. The SMILES string of the molecule is CCC1C(C(C)O)=NC(C)=C1C(C)=O. The quantitative estimate of drug-likeness (QED) is 0.745. The molecule has 14 heavy (non-hydrogen) atoms. The predicted octanol–water partition coefficient (Wildman–Crippen LogP) is 1.71. The number of aliphatic hydroxyl groups excluding tert-OH is 1. The zero-order valence-electron chi connectivity index (χ0n) is 9.16. The molecule has 1 heterocycles. The second kappa shape index (κ2) is 4.05. The molecule has 0 aliphatic carbocycles.